The van der Waals surface area contributed by atoms with Gasteiger partial charge in [0, 0.05) is 23.0 Å². The molecule has 3 rings (SSSR count). The second kappa shape index (κ2) is 8.81. The van der Waals surface area contributed by atoms with Crippen LogP contribution < -0.4 is 4.74 Å². The largest absolute Gasteiger partial charge is 0.508 e. The van der Waals surface area contributed by atoms with Crippen LogP contribution in [-0.2, 0) is 11.2 Å². The molecule has 0 bridgehead atoms. The van der Waals surface area contributed by atoms with E-state index in [1.807, 2.05) is 12.1 Å². The maximum Gasteiger partial charge on any atom is 0.331 e. The normalized spacial score (nSPS) is 23.4. The molecule has 2 N–H and O–H groups in total. The predicted molar refractivity (Wildman–Crippen MR) is 116 cm³/mol. The number of hydrogen-bond donors (Lipinski definition) is 2. The number of aromatic hydroxyl groups is 1. The van der Waals surface area contributed by atoms with E-state index in [0.29, 0.717) is 24.3 Å². The van der Waals surface area contributed by atoms with E-state index >= 15 is 0 Å². The number of rotatable bonds is 8. The first-order chi connectivity index (χ1) is 13.7. The van der Waals surface area contributed by atoms with Crippen molar-refractivity contribution in [3.05, 3.63) is 34.9 Å². The molecular formula is C25H36O4. The molecule has 29 heavy (non-hydrogen) atoms. The molecule has 1 aliphatic carbocycles. The standard InChI is InChI=1S/C25H36O4/c1-5-6-7-8-9-16(2)12-17-13-21(26)23-19-15-18(24(27)28)10-11-20(19)25(3,4)29-22(23)14-17/h10,13-14,16,19-20,26H,5-9,11-12,15H2,1-4H3,(H,27,28). The van der Waals surface area contributed by atoms with Crippen molar-refractivity contribution >= 4 is 5.97 Å². The van der Waals surface area contributed by atoms with Gasteiger partial charge in [-0.15, -0.1) is 0 Å². The number of carboxylic acids is 1. The highest BCUT2D eigenvalue weighted by atomic mass is 16.5. The SMILES string of the molecule is CCCCCCC(C)Cc1cc(O)c2c(c1)OC(C)(C)C1CC=C(C(=O)O)CC21. The highest BCUT2D eigenvalue weighted by Gasteiger charge is 2.46. The fourth-order valence-electron chi connectivity index (χ4n) is 5.17. The summed E-state index contributed by atoms with van der Waals surface area (Å²) in [6, 6.07) is 3.95. The molecule has 1 aliphatic heterocycles. The zero-order chi connectivity index (χ0) is 21.2. The molecule has 160 valence electrons. The lowest BCUT2D eigenvalue weighted by molar-refractivity contribution is -0.133. The molecule has 0 spiro atoms. The van der Waals surface area contributed by atoms with Gasteiger partial charge in [-0.1, -0.05) is 52.0 Å². The van der Waals surface area contributed by atoms with Gasteiger partial charge in [-0.05, 0) is 56.7 Å². The number of carboxylic acid groups (broad SMARTS) is 1. The van der Waals surface area contributed by atoms with Crippen molar-refractivity contribution in [3.63, 3.8) is 0 Å². The molecular weight excluding hydrogens is 364 g/mol. The monoisotopic (exact) mass is 400 g/mol. The van der Waals surface area contributed by atoms with Crippen molar-refractivity contribution in [2.24, 2.45) is 11.8 Å². The fourth-order valence-corrected chi connectivity index (χ4v) is 5.17. The lowest BCUT2D eigenvalue weighted by Gasteiger charge is -2.46. The summed E-state index contributed by atoms with van der Waals surface area (Å²) in [4.78, 5) is 11.5. The lowest BCUT2D eigenvalue weighted by atomic mass is 9.67. The Balaban J connectivity index is 1.82. The quantitative estimate of drug-likeness (QED) is 0.509. The van der Waals surface area contributed by atoms with Gasteiger partial charge in [0.05, 0.1) is 0 Å². The fraction of sp³-hybridized carbons (Fsp3) is 0.640. The molecule has 0 fully saturated rings. The van der Waals surface area contributed by atoms with Crippen LogP contribution in [0.25, 0.3) is 0 Å². The summed E-state index contributed by atoms with van der Waals surface area (Å²) in [7, 11) is 0. The van der Waals surface area contributed by atoms with E-state index in [1.165, 1.54) is 32.1 Å². The number of ether oxygens (including phenoxy) is 1. The topological polar surface area (TPSA) is 66.8 Å². The maximum atomic E-state index is 11.5. The van der Waals surface area contributed by atoms with Crippen LogP contribution in [0, 0.1) is 11.8 Å². The van der Waals surface area contributed by atoms with Gasteiger partial charge in [-0.3, -0.25) is 0 Å². The average Bonchev–Trinajstić information content (AvgIpc) is 2.64. The number of benzene rings is 1. The molecule has 1 aromatic rings. The molecule has 4 heteroatoms. The Kier molecular flexibility index (Phi) is 6.60. The number of fused-ring (bicyclic) bond motifs is 3. The van der Waals surface area contributed by atoms with Crippen LogP contribution >= 0.6 is 0 Å². The van der Waals surface area contributed by atoms with Crippen molar-refractivity contribution in [3.8, 4) is 11.5 Å². The number of phenolic OH excluding ortho intramolecular Hbond substituents is 1. The Hall–Kier alpha value is -1.97. The first-order valence-electron chi connectivity index (χ1n) is 11.2. The molecule has 0 saturated heterocycles. The Morgan fingerprint density at radius 1 is 1.28 bits per heavy atom. The molecule has 3 unspecified atom stereocenters. The van der Waals surface area contributed by atoms with Crippen molar-refractivity contribution in [1.82, 2.24) is 0 Å². The van der Waals surface area contributed by atoms with Crippen molar-refractivity contribution < 1.29 is 19.7 Å². The molecule has 2 aliphatic rings. The average molecular weight is 401 g/mol. The Bertz CT molecular complexity index is 777. The molecule has 4 nitrogen and oxygen atoms in total. The summed E-state index contributed by atoms with van der Waals surface area (Å²) in [5, 5.41) is 20.3. The van der Waals surface area contributed by atoms with Gasteiger partial charge in [0.15, 0.2) is 0 Å². The third-order valence-electron chi connectivity index (χ3n) is 6.77. The Labute approximate surface area is 175 Å². The number of carbonyl (C=O) groups is 1. The summed E-state index contributed by atoms with van der Waals surface area (Å²) in [5.74, 6) is 0.828. The first kappa shape index (κ1) is 21.7. The van der Waals surface area contributed by atoms with E-state index in [4.69, 9.17) is 4.74 Å². The highest BCUT2D eigenvalue weighted by Crippen LogP contribution is 2.54. The van der Waals surface area contributed by atoms with Gasteiger partial charge >= 0.3 is 5.97 Å². The van der Waals surface area contributed by atoms with E-state index in [-0.39, 0.29) is 17.6 Å². The zero-order valence-electron chi connectivity index (χ0n) is 18.3. The second-order valence-corrected chi connectivity index (χ2v) is 9.58. The third kappa shape index (κ3) is 4.79. The van der Waals surface area contributed by atoms with Gasteiger partial charge in [-0.2, -0.15) is 0 Å². The number of aliphatic carboxylic acids is 1. The van der Waals surface area contributed by atoms with Crippen molar-refractivity contribution in [1.29, 1.82) is 0 Å². The minimum Gasteiger partial charge on any atom is -0.508 e. The maximum absolute atomic E-state index is 11.5. The minimum absolute atomic E-state index is 0.0228. The summed E-state index contributed by atoms with van der Waals surface area (Å²) in [6.45, 7) is 8.65. The summed E-state index contributed by atoms with van der Waals surface area (Å²) in [5.41, 5.74) is 1.94. The summed E-state index contributed by atoms with van der Waals surface area (Å²) in [6.07, 6.45) is 10.1. The smallest absolute Gasteiger partial charge is 0.331 e. The zero-order valence-corrected chi connectivity index (χ0v) is 18.3. The van der Waals surface area contributed by atoms with E-state index in [0.717, 1.165) is 23.3 Å². The van der Waals surface area contributed by atoms with Crippen LogP contribution in [0.15, 0.2) is 23.8 Å². The molecule has 0 radical (unpaired) electrons. The van der Waals surface area contributed by atoms with Crippen LogP contribution in [0.3, 0.4) is 0 Å². The number of phenols is 1. The first-order valence-corrected chi connectivity index (χ1v) is 11.2. The number of unbranched alkanes of at least 4 members (excludes halogenated alkanes) is 3. The summed E-state index contributed by atoms with van der Waals surface area (Å²) < 4.78 is 6.36. The van der Waals surface area contributed by atoms with Gasteiger partial charge in [0.25, 0.3) is 0 Å². The van der Waals surface area contributed by atoms with Gasteiger partial charge < -0.3 is 14.9 Å². The van der Waals surface area contributed by atoms with Crippen LogP contribution in [0.5, 0.6) is 11.5 Å². The molecule has 0 amide bonds. The minimum atomic E-state index is -0.859. The van der Waals surface area contributed by atoms with Crippen LogP contribution in [0.4, 0.5) is 0 Å². The highest BCUT2D eigenvalue weighted by molar-refractivity contribution is 5.87. The molecule has 1 heterocycles. The van der Waals surface area contributed by atoms with Gasteiger partial charge in [0.2, 0.25) is 0 Å². The van der Waals surface area contributed by atoms with Gasteiger partial charge in [-0.25, -0.2) is 4.79 Å². The third-order valence-corrected chi connectivity index (χ3v) is 6.77. The summed E-state index contributed by atoms with van der Waals surface area (Å²) >= 11 is 0. The number of hydrogen-bond acceptors (Lipinski definition) is 3. The van der Waals surface area contributed by atoms with Crippen molar-refractivity contribution in [2.75, 3.05) is 0 Å². The van der Waals surface area contributed by atoms with E-state index < -0.39 is 11.6 Å². The van der Waals surface area contributed by atoms with E-state index in [1.54, 1.807) is 0 Å². The molecule has 0 saturated carbocycles. The van der Waals surface area contributed by atoms with E-state index in [2.05, 4.69) is 33.8 Å². The van der Waals surface area contributed by atoms with Crippen LogP contribution in [0.2, 0.25) is 0 Å². The Morgan fingerprint density at radius 3 is 2.72 bits per heavy atom. The van der Waals surface area contributed by atoms with Crippen LogP contribution in [0.1, 0.15) is 89.7 Å². The lowest BCUT2D eigenvalue weighted by Crippen LogP contribution is -2.45. The van der Waals surface area contributed by atoms with Gasteiger partial charge in [0.1, 0.15) is 17.1 Å². The Morgan fingerprint density at radius 2 is 2.03 bits per heavy atom. The molecule has 3 atom stereocenters. The predicted octanol–water partition coefficient (Wildman–Crippen LogP) is 6.22. The van der Waals surface area contributed by atoms with E-state index in [9.17, 15) is 15.0 Å². The van der Waals surface area contributed by atoms with Crippen LogP contribution in [-0.4, -0.2) is 21.8 Å². The second-order valence-electron chi connectivity index (χ2n) is 9.58. The number of allylic oxidation sites excluding steroid dienone is 1. The molecule has 1 aromatic carbocycles. The molecule has 0 aromatic heterocycles. The van der Waals surface area contributed by atoms with Crippen molar-refractivity contribution in [2.45, 2.75) is 90.6 Å².